The largest absolute Gasteiger partial charge is 0.484 e. The van der Waals surface area contributed by atoms with Crippen molar-refractivity contribution < 1.29 is 13.6 Å². The summed E-state index contributed by atoms with van der Waals surface area (Å²) in [5, 5.41) is 6.44. The molecule has 0 radical (unpaired) electrons. The van der Waals surface area contributed by atoms with E-state index in [0.29, 0.717) is 17.5 Å². The number of nitrogens with zero attached hydrogens (tertiary/aromatic N) is 3. The van der Waals surface area contributed by atoms with Gasteiger partial charge in [-0.2, -0.15) is 0 Å². The van der Waals surface area contributed by atoms with Crippen LogP contribution in [0.25, 0.3) is 88.6 Å². The Balaban J connectivity index is 1.11. The molecule has 0 fully saturated rings. The Hall–Kier alpha value is -7.31. The minimum Gasteiger partial charge on any atom is -0.484 e. The maximum absolute atomic E-state index is 6.92. The average molecular weight is 708 g/mol. The monoisotopic (exact) mass is 707 g/mol. The second-order valence-electron chi connectivity index (χ2n) is 14.2. The number of aromatic nitrogens is 3. The van der Waals surface area contributed by atoms with E-state index in [1.54, 1.807) is 0 Å². The third-order valence-corrected chi connectivity index (χ3v) is 11.2. The minimum atomic E-state index is -0.317. The van der Waals surface area contributed by atoms with Crippen LogP contribution < -0.4 is 4.74 Å². The van der Waals surface area contributed by atoms with Crippen LogP contribution in [0.2, 0.25) is 0 Å². The molecule has 10 aromatic rings. The van der Waals surface area contributed by atoms with Gasteiger partial charge < -0.3 is 13.6 Å². The van der Waals surface area contributed by atoms with Crippen molar-refractivity contribution in [3.63, 3.8) is 0 Å². The molecule has 55 heavy (non-hydrogen) atoms. The molecule has 0 saturated heterocycles. The lowest BCUT2D eigenvalue weighted by Crippen LogP contribution is -2.25. The number of furan rings is 2. The van der Waals surface area contributed by atoms with Crippen LogP contribution in [0.5, 0.6) is 5.75 Å². The number of hydrogen-bond donors (Lipinski definition) is 0. The van der Waals surface area contributed by atoms with Crippen molar-refractivity contribution in [2.45, 2.75) is 12.0 Å². The van der Waals surface area contributed by atoms with Gasteiger partial charge in [-0.1, -0.05) is 127 Å². The number of hydrogen-bond acceptors (Lipinski definition) is 6. The van der Waals surface area contributed by atoms with E-state index in [0.717, 1.165) is 93.8 Å². The Morgan fingerprint density at radius 1 is 0.436 bits per heavy atom. The van der Waals surface area contributed by atoms with E-state index in [1.165, 1.54) is 0 Å². The van der Waals surface area contributed by atoms with Gasteiger partial charge in [0.2, 0.25) is 0 Å². The topological polar surface area (TPSA) is 74.2 Å². The fourth-order valence-corrected chi connectivity index (χ4v) is 8.68. The predicted molar refractivity (Wildman–Crippen MR) is 219 cm³/mol. The number of rotatable bonds is 4. The molecular weight excluding hydrogens is 679 g/mol. The van der Waals surface area contributed by atoms with Gasteiger partial charge in [-0.25, -0.2) is 15.0 Å². The van der Waals surface area contributed by atoms with Crippen molar-refractivity contribution in [1.29, 1.82) is 0 Å². The van der Waals surface area contributed by atoms with Crippen molar-refractivity contribution in [3.8, 4) is 28.5 Å². The molecule has 2 unspecified atom stereocenters. The normalized spacial score (nSPS) is 16.4. The Labute approximate surface area is 314 Å². The zero-order chi connectivity index (χ0) is 36.0. The van der Waals surface area contributed by atoms with Gasteiger partial charge in [0.1, 0.15) is 34.2 Å². The number of allylic oxidation sites excluding steroid dienone is 2. The molecule has 6 nitrogen and oxygen atoms in total. The van der Waals surface area contributed by atoms with Gasteiger partial charge in [0, 0.05) is 49.4 Å². The molecule has 0 saturated carbocycles. The van der Waals surface area contributed by atoms with E-state index in [-0.39, 0.29) is 12.0 Å². The molecular formula is C49H29N3O3. The quantitative estimate of drug-likeness (QED) is 0.181. The van der Waals surface area contributed by atoms with Crippen LogP contribution in [-0.4, -0.2) is 21.1 Å². The highest BCUT2D eigenvalue weighted by Gasteiger charge is 2.43. The molecule has 3 aromatic heterocycles. The summed E-state index contributed by atoms with van der Waals surface area (Å²) in [6.07, 6.45) is 4.05. The second-order valence-corrected chi connectivity index (χ2v) is 14.2. The first-order chi connectivity index (χ1) is 27.2. The van der Waals surface area contributed by atoms with Crippen LogP contribution in [0.3, 0.4) is 0 Å². The first-order valence-corrected chi connectivity index (χ1v) is 18.5. The first-order valence-electron chi connectivity index (χ1n) is 18.5. The van der Waals surface area contributed by atoms with Crippen molar-refractivity contribution in [3.05, 3.63) is 181 Å². The van der Waals surface area contributed by atoms with Crippen LogP contribution in [0.1, 0.15) is 22.9 Å². The Morgan fingerprint density at radius 3 is 1.84 bits per heavy atom. The maximum Gasteiger partial charge on any atom is 0.164 e. The molecule has 258 valence electrons. The molecule has 0 amide bonds. The van der Waals surface area contributed by atoms with Crippen LogP contribution in [-0.2, 0) is 0 Å². The molecule has 12 rings (SSSR count). The highest BCUT2D eigenvalue weighted by molar-refractivity contribution is 6.12. The van der Waals surface area contributed by atoms with E-state index < -0.39 is 0 Å². The summed E-state index contributed by atoms with van der Waals surface area (Å²) < 4.78 is 19.5. The number of fused-ring (bicyclic) bond motifs is 10. The SMILES string of the molecule is C1=C(c2cccc3oc4ccccc4c23)C2Oc3ccccc3C2C(c2nc(-c3ccc4ccccc4c3)nc(-c3cccc4oc5ccccc5c34)n2)=C1. The van der Waals surface area contributed by atoms with Crippen molar-refractivity contribution in [2.75, 3.05) is 0 Å². The molecule has 2 atom stereocenters. The van der Waals surface area contributed by atoms with Crippen LogP contribution in [0.15, 0.2) is 173 Å². The van der Waals surface area contributed by atoms with E-state index >= 15 is 0 Å². The molecule has 1 aliphatic carbocycles. The molecule has 1 aliphatic heterocycles. The fraction of sp³-hybridized carbons (Fsp3) is 0.0408. The lowest BCUT2D eigenvalue weighted by Gasteiger charge is -2.28. The Morgan fingerprint density at radius 2 is 1.04 bits per heavy atom. The van der Waals surface area contributed by atoms with Gasteiger partial charge in [-0.3, -0.25) is 0 Å². The lowest BCUT2D eigenvalue weighted by atomic mass is 9.78. The standard InChI is InChI=1S/C49H29N3O3/c1-2-12-29-27-30(24-23-28(29)11-1)47-50-48(36-17-10-22-42-44(36)34-14-4-7-19-39(34)54-42)52-49(51-47)37-26-25-32(46-45(37)35-15-5-8-20-40(35)55-46)31-16-9-21-41-43(31)33-13-3-6-18-38(33)53-41/h1-27,45-46H. The summed E-state index contributed by atoms with van der Waals surface area (Å²) in [6.45, 7) is 0. The molecule has 0 spiro atoms. The van der Waals surface area contributed by atoms with Gasteiger partial charge in [0.15, 0.2) is 17.5 Å². The molecule has 7 aromatic carbocycles. The zero-order valence-electron chi connectivity index (χ0n) is 29.3. The van der Waals surface area contributed by atoms with Gasteiger partial charge in [-0.15, -0.1) is 0 Å². The van der Waals surface area contributed by atoms with Gasteiger partial charge in [-0.05, 0) is 52.7 Å². The highest BCUT2D eigenvalue weighted by Crippen LogP contribution is 2.52. The van der Waals surface area contributed by atoms with E-state index in [4.69, 9.17) is 28.5 Å². The summed E-state index contributed by atoms with van der Waals surface area (Å²) in [5.41, 5.74) is 9.38. The van der Waals surface area contributed by atoms with Crippen molar-refractivity contribution >= 4 is 65.8 Å². The minimum absolute atomic E-state index is 0.171. The van der Waals surface area contributed by atoms with Gasteiger partial charge >= 0.3 is 0 Å². The second kappa shape index (κ2) is 11.6. The van der Waals surface area contributed by atoms with Crippen molar-refractivity contribution in [1.82, 2.24) is 15.0 Å². The van der Waals surface area contributed by atoms with Crippen LogP contribution in [0.4, 0.5) is 0 Å². The predicted octanol–water partition coefficient (Wildman–Crippen LogP) is 12.2. The molecule has 0 bridgehead atoms. The number of para-hydroxylation sites is 3. The average Bonchev–Trinajstić information content (AvgIpc) is 3.95. The van der Waals surface area contributed by atoms with Gasteiger partial charge in [0.25, 0.3) is 0 Å². The fourth-order valence-electron chi connectivity index (χ4n) is 8.68. The van der Waals surface area contributed by atoms with Gasteiger partial charge in [0.05, 0.1) is 5.92 Å². The Bertz CT molecular complexity index is 3280. The summed E-state index contributed by atoms with van der Waals surface area (Å²) >= 11 is 0. The van der Waals surface area contributed by atoms with Crippen LogP contribution in [0, 0.1) is 0 Å². The third-order valence-electron chi connectivity index (χ3n) is 11.2. The number of ether oxygens (including phenoxy) is 1. The molecule has 6 heteroatoms. The van der Waals surface area contributed by atoms with E-state index in [9.17, 15) is 0 Å². The summed E-state index contributed by atoms with van der Waals surface area (Å²) in [5.74, 6) is 2.48. The molecule has 2 aliphatic rings. The summed E-state index contributed by atoms with van der Waals surface area (Å²) in [7, 11) is 0. The molecule has 0 N–H and O–H groups in total. The van der Waals surface area contributed by atoms with E-state index in [1.807, 2.05) is 54.6 Å². The van der Waals surface area contributed by atoms with Crippen LogP contribution >= 0.6 is 0 Å². The highest BCUT2D eigenvalue weighted by atomic mass is 16.5. The molecule has 4 heterocycles. The first kappa shape index (κ1) is 30.2. The Kier molecular flexibility index (Phi) is 6.36. The number of benzene rings is 7. The summed E-state index contributed by atoms with van der Waals surface area (Å²) in [4.78, 5) is 15.8. The lowest BCUT2D eigenvalue weighted by molar-refractivity contribution is 0.281. The summed E-state index contributed by atoms with van der Waals surface area (Å²) in [6, 6.07) is 51.8. The third kappa shape index (κ3) is 4.58. The smallest absolute Gasteiger partial charge is 0.164 e. The maximum atomic E-state index is 6.92. The van der Waals surface area contributed by atoms with Crippen molar-refractivity contribution in [2.24, 2.45) is 0 Å². The van der Waals surface area contributed by atoms with E-state index in [2.05, 4.69) is 109 Å². The zero-order valence-corrected chi connectivity index (χ0v) is 29.3.